The molecule has 0 aliphatic heterocycles. The van der Waals surface area contributed by atoms with Crippen LogP contribution in [0.2, 0.25) is 0 Å². The van der Waals surface area contributed by atoms with E-state index in [1.807, 2.05) is 24.3 Å². The van der Waals surface area contributed by atoms with Crippen LogP contribution in [0, 0.1) is 5.82 Å². The molecule has 5 aromatic rings. The van der Waals surface area contributed by atoms with E-state index in [2.05, 4.69) is 26.8 Å². The molecular weight excluding hydrogens is 467 g/mol. The van der Waals surface area contributed by atoms with E-state index in [9.17, 15) is 4.39 Å². The van der Waals surface area contributed by atoms with Crippen molar-refractivity contribution in [1.82, 2.24) is 19.7 Å². The summed E-state index contributed by atoms with van der Waals surface area (Å²) in [7, 11) is 3.16. The minimum Gasteiger partial charge on any atom is -0.493 e. The minimum atomic E-state index is -0.341. The molecule has 178 valence electrons. The van der Waals surface area contributed by atoms with Crippen molar-refractivity contribution in [2.75, 3.05) is 31.8 Å². The van der Waals surface area contributed by atoms with E-state index in [1.165, 1.54) is 17.0 Å². The van der Waals surface area contributed by atoms with Gasteiger partial charge < -0.3 is 20.5 Å². The molecule has 3 heterocycles. The number of hydrogen-bond acceptors (Lipinski definition) is 8. The number of thiophene rings is 1. The van der Waals surface area contributed by atoms with Gasteiger partial charge in [-0.3, -0.25) is 0 Å². The van der Waals surface area contributed by atoms with Crippen molar-refractivity contribution < 1.29 is 13.9 Å². The predicted octanol–water partition coefficient (Wildman–Crippen LogP) is 4.94. The zero-order valence-corrected chi connectivity index (χ0v) is 20.0. The molecule has 0 saturated carbocycles. The van der Waals surface area contributed by atoms with Crippen molar-refractivity contribution in [1.29, 1.82) is 0 Å². The van der Waals surface area contributed by atoms with Gasteiger partial charge in [-0.2, -0.15) is 4.98 Å². The second-order valence-electron chi connectivity index (χ2n) is 7.69. The number of nitrogens with one attached hydrogen (secondary N) is 1. The molecule has 3 N–H and O–H groups in total. The second-order valence-corrected chi connectivity index (χ2v) is 8.73. The van der Waals surface area contributed by atoms with Gasteiger partial charge in [-0.1, -0.05) is 6.07 Å². The molecule has 0 spiro atoms. The van der Waals surface area contributed by atoms with Gasteiger partial charge in [0, 0.05) is 17.0 Å². The highest BCUT2D eigenvalue weighted by molar-refractivity contribution is 7.09. The summed E-state index contributed by atoms with van der Waals surface area (Å²) in [6.07, 6.45) is 0.844. The Labute approximate surface area is 205 Å². The zero-order valence-electron chi connectivity index (χ0n) is 19.2. The maximum atomic E-state index is 13.5. The van der Waals surface area contributed by atoms with Crippen LogP contribution in [-0.2, 0) is 6.42 Å². The highest BCUT2D eigenvalue weighted by atomic mass is 32.1. The van der Waals surface area contributed by atoms with Gasteiger partial charge >= 0.3 is 0 Å². The van der Waals surface area contributed by atoms with Gasteiger partial charge in [0.2, 0.25) is 5.95 Å². The lowest BCUT2D eigenvalue weighted by Gasteiger charge is -2.11. The van der Waals surface area contributed by atoms with Gasteiger partial charge in [-0.25, -0.2) is 14.1 Å². The molecule has 35 heavy (non-hydrogen) atoms. The molecule has 2 aromatic carbocycles. The Hall–Kier alpha value is -4.18. The molecule has 5 rings (SSSR count). The Kier molecular flexibility index (Phi) is 6.19. The Bertz CT molecular complexity index is 1470. The standard InChI is InChI=1S/C25H23FN6O2S/c1-33-19-10-5-15(14-20(19)34-2)22-21-23(27)32(17-8-6-16(26)7-9-17)31-24(21)30-25(29-22)28-12-11-18-4-3-13-35-18/h3-10,13-14H,11-12,27H2,1-2H3,(H,28,30,31). The number of rotatable bonds is 8. The average molecular weight is 491 g/mol. The van der Waals surface area contributed by atoms with Gasteiger partial charge in [0.1, 0.15) is 11.6 Å². The van der Waals surface area contributed by atoms with Crippen LogP contribution in [0.15, 0.2) is 60.0 Å². The first-order valence-electron chi connectivity index (χ1n) is 10.9. The number of methoxy groups -OCH3 is 2. The highest BCUT2D eigenvalue weighted by Crippen LogP contribution is 2.37. The third kappa shape index (κ3) is 4.47. The van der Waals surface area contributed by atoms with E-state index in [0.717, 1.165) is 12.0 Å². The van der Waals surface area contributed by atoms with Crippen molar-refractivity contribution in [2.24, 2.45) is 0 Å². The monoisotopic (exact) mass is 490 g/mol. The van der Waals surface area contributed by atoms with Crippen molar-refractivity contribution in [2.45, 2.75) is 6.42 Å². The first kappa shape index (κ1) is 22.6. The zero-order chi connectivity index (χ0) is 24.4. The first-order valence-corrected chi connectivity index (χ1v) is 11.8. The Balaban J connectivity index is 1.62. The molecule has 8 nitrogen and oxygen atoms in total. The lowest BCUT2D eigenvalue weighted by Crippen LogP contribution is -2.08. The van der Waals surface area contributed by atoms with Crippen molar-refractivity contribution in [3.63, 3.8) is 0 Å². The van der Waals surface area contributed by atoms with Crippen molar-refractivity contribution in [3.05, 3.63) is 70.7 Å². The van der Waals surface area contributed by atoms with Crippen LogP contribution in [0.5, 0.6) is 11.5 Å². The Morgan fingerprint density at radius 3 is 2.54 bits per heavy atom. The van der Waals surface area contributed by atoms with E-state index in [-0.39, 0.29) is 5.82 Å². The number of nitrogens with zero attached hydrogens (tertiary/aromatic N) is 4. The molecular formula is C25H23FN6O2S. The summed E-state index contributed by atoms with van der Waals surface area (Å²) < 4.78 is 25.9. The third-order valence-corrected chi connectivity index (χ3v) is 6.47. The quantitative estimate of drug-likeness (QED) is 0.318. The summed E-state index contributed by atoms with van der Waals surface area (Å²) in [5.74, 6) is 1.61. The number of benzene rings is 2. The van der Waals surface area contributed by atoms with E-state index >= 15 is 0 Å². The van der Waals surface area contributed by atoms with Crippen LogP contribution < -0.4 is 20.5 Å². The number of fused-ring (bicyclic) bond motifs is 1. The van der Waals surface area contributed by atoms with Gasteiger partial charge in [0.15, 0.2) is 17.1 Å². The molecule has 0 radical (unpaired) electrons. The van der Waals surface area contributed by atoms with Crippen LogP contribution in [-0.4, -0.2) is 40.5 Å². The number of nitrogen functional groups attached to an aromatic ring is 1. The van der Waals surface area contributed by atoms with E-state index in [1.54, 1.807) is 42.4 Å². The van der Waals surface area contributed by atoms with E-state index < -0.39 is 0 Å². The summed E-state index contributed by atoms with van der Waals surface area (Å²) >= 11 is 1.71. The SMILES string of the molecule is COc1ccc(-c2nc(NCCc3cccs3)nc3nn(-c4ccc(F)cc4)c(N)c23)cc1OC. The summed E-state index contributed by atoms with van der Waals surface area (Å²) in [6, 6.07) is 15.6. The molecule has 0 aliphatic carbocycles. The number of ether oxygens (including phenoxy) is 2. The Morgan fingerprint density at radius 1 is 1.03 bits per heavy atom. The summed E-state index contributed by atoms with van der Waals surface area (Å²) in [5, 5.41) is 10.6. The highest BCUT2D eigenvalue weighted by Gasteiger charge is 2.20. The fourth-order valence-corrected chi connectivity index (χ4v) is 4.52. The first-order chi connectivity index (χ1) is 17.1. The smallest absolute Gasteiger partial charge is 0.225 e. The number of aromatic nitrogens is 4. The molecule has 0 unspecified atom stereocenters. The minimum absolute atomic E-state index is 0.341. The molecule has 0 atom stereocenters. The summed E-state index contributed by atoms with van der Waals surface area (Å²) in [5.41, 5.74) is 8.94. The summed E-state index contributed by atoms with van der Waals surface area (Å²) in [4.78, 5) is 10.7. The lowest BCUT2D eigenvalue weighted by atomic mass is 10.1. The molecule has 0 amide bonds. The third-order valence-electron chi connectivity index (χ3n) is 5.53. The van der Waals surface area contributed by atoms with E-state index in [0.29, 0.717) is 52.2 Å². The molecule has 0 aliphatic rings. The Morgan fingerprint density at radius 2 is 1.83 bits per heavy atom. The number of anilines is 2. The number of hydrogen-bond donors (Lipinski definition) is 2. The van der Waals surface area contributed by atoms with Crippen molar-refractivity contribution in [3.8, 4) is 28.4 Å². The normalized spacial score (nSPS) is 11.1. The number of halogens is 1. The average Bonchev–Trinajstić information content (AvgIpc) is 3.51. The van der Waals surface area contributed by atoms with E-state index in [4.69, 9.17) is 20.2 Å². The largest absolute Gasteiger partial charge is 0.493 e. The van der Waals surface area contributed by atoms with Crippen LogP contribution in [0.25, 0.3) is 28.0 Å². The second kappa shape index (κ2) is 9.59. The number of nitrogens with two attached hydrogens (primary N) is 1. The molecule has 0 bridgehead atoms. The van der Waals surface area contributed by atoms with Gasteiger partial charge in [-0.15, -0.1) is 16.4 Å². The van der Waals surface area contributed by atoms with Crippen LogP contribution in [0.4, 0.5) is 16.2 Å². The van der Waals surface area contributed by atoms with Crippen LogP contribution in [0.3, 0.4) is 0 Å². The topological polar surface area (TPSA) is 100 Å². The maximum Gasteiger partial charge on any atom is 0.225 e. The molecule has 0 saturated heterocycles. The summed E-state index contributed by atoms with van der Waals surface area (Å²) in [6.45, 7) is 0.658. The van der Waals surface area contributed by atoms with Crippen LogP contribution in [0.1, 0.15) is 4.88 Å². The molecule has 3 aromatic heterocycles. The van der Waals surface area contributed by atoms with Crippen LogP contribution >= 0.6 is 11.3 Å². The maximum absolute atomic E-state index is 13.5. The van der Waals surface area contributed by atoms with Gasteiger partial charge in [-0.05, 0) is 60.3 Å². The van der Waals surface area contributed by atoms with Gasteiger partial charge in [0.05, 0.1) is 31.0 Å². The predicted molar refractivity (Wildman–Crippen MR) is 136 cm³/mol. The fourth-order valence-electron chi connectivity index (χ4n) is 3.81. The lowest BCUT2D eigenvalue weighted by molar-refractivity contribution is 0.355. The van der Waals surface area contributed by atoms with Gasteiger partial charge in [0.25, 0.3) is 0 Å². The van der Waals surface area contributed by atoms with Crippen molar-refractivity contribution >= 4 is 34.1 Å². The molecule has 10 heteroatoms. The fraction of sp³-hybridized carbons (Fsp3) is 0.160. The molecule has 0 fully saturated rings.